The zero-order valence-corrected chi connectivity index (χ0v) is 15.2. The summed E-state index contributed by atoms with van der Waals surface area (Å²) in [6.07, 6.45) is 23.2. The summed E-state index contributed by atoms with van der Waals surface area (Å²) in [4.78, 5) is 12.0. The van der Waals surface area contributed by atoms with E-state index >= 15 is 0 Å². The third-order valence-corrected chi connectivity index (χ3v) is 5.28. The van der Waals surface area contributed by atoms with Gasteiger partial charge in [0.25, 0.3) is 0 Å². The van der Waals surface area contributed by atoms with Crippen molar-refractivity contribution in [3.05, 3.63) is 12.2 Å². The number of hydrogen-bond donors (Lipinski definition) is 0. The van der Waals surface area contributed by atoms with Crippen molar-refractivity contribution < 1.29 is 4.79 Å². The van der Waals surface area contributed by atoms with Gasteiger partial charge in [0.2, 0.25) is 0 Å². The van der Waals surface area contributed by atoms with Crippen LogP contribution in [0.1, 0.15) is 110 Å². The van der Waals surface area contributed by atoms with Crippen LogP contribution in [0.15, 0.2) is 12.2 Å². The van der Waals surface area contributed by atoms with Gasteiger partial charge in [0.05, 0.1) is 0 Å². The molecule has 128 valence electrons. The van der Waals surface area contributed by atoms with Crippen LogP contribution in [0.2, 0.25) is 0 Å². The number of ketones is 1. The number of unbranched alkanes of at least 4 members (excludes halogenated alkanes) is 6. The van der Waals surface area contributed by atoms with E-state index in [0.29, 0.717) is 11.2 Å². The largest absolute Gasteiger partial charge is 0.295 e. The van der Waals surface area contributed by atoms with Crippen molar-refractivity contribution in [1.82, 2.24) is 0 Å². The average Bonchev–Trinajstić information content (AvgIpc) is 2.54. The van der Waals surface area contributed by atoms with Crippen molar-refractivity contribution in [3.8, 4) is 0 Å². The SMILES string of the molecule is CCCCCCCC1(/C=C/C(=O)CCCCC)CCCCC1. The molecule has 0 amide bonds. The fraction of sp³-hybridized carbons (Fsp3) is 0.857. The number of allylic oxidation sites excluding steroid dienone is 2. The summed E-state index contributed by atoms with van der Waals surface area (Å²) in [5.74, 6) is 0.351. The zero-order chi connectivity index (χ0) is 16.1. The Morgan fingerprint density at radius 3 is 2.18 bits per heavy atom. The molecule has 1 saturated carbocycles. The summed E-state index contributed by atoms with van der Waals surface area (Å²) in [7, 11) is 0. The lowest BCUT2D eigenvalue weighted by Gasteiger charge is -2.35. The van der Waals surface area contributed by atoms with Crippen molar-refractivity contribution in [3.63, 3.8) is 0 Å². The Labute approximate surface area is 139 Å². The quantitative estimate of drug-likeness (QED) is 0.280. The van der Waals surface area contributed by atoms with Gasteiger partial charge in [-0.3, -0.25) is 4.79 Å². The van der Waals surface area contributed by atoms with Crippen LogP contribution in [-0.4, -0.2) is 5.78 Å². The summed E-state index contributed by atoms with van der Waals surface area (Å²) in [5.41, 5.74) is 0.352. The Kier molecular flexibility index (Phi) is 10.5. The van der Waals surface area contributed by atoms with E-state index in [9.17, 15) is 4.79 Å². The Hall–Kier alpha value is -0.590. The van der Waals surface area contributed by atoms with E-state index in [-0.39, 0.29) is 0 Å². The van der Waals surface area contributed by atoms with Crippen LogP contribution in [0, 0.1) is 5.41 Å². The molecule has 0 radical (unpaired) electrons. The van der Waals surface area contributed by atoms with E-state index in [1.807, 2.05) is 6.08 Å². The molecule has 1 fully saturated rings. The Morgan fingerprint density at radius 1 is 0.864 bits per heavy atom. The molecule has 22 heavy (non-hydrogen) atoms. The fourth-order valence-corrected chi connectivity index (χ4v) is 3.74. The van der Waals surface area contributed by atoms with Crippen LogP contribution < -0.4 is 0 Å². The second-order valence-corrected chi connectivity index (χ2v) is 7.34. The molecule has 1 aliphatic carbocycles. The molecule has 0 aromatic heterocycles. The molecule has 1 aliphatic rings. The molecule has 1 nitrogen and oxygen atoms in total. The molecular formula is C21H38O. The van der Waals surface area contributed by atoms with Crippen LogP contribution in [0.3, 0.4) is 0 Å². The highest BCUT2D eigenvalue weighted by Gasteiger charge is 2.28. The summed E-state index contributed by atoms with van der Waals surface area (Å²) in [6.45, 7) is 4.46. The lowest BCUT2D eigenvalue weighted by atomic mass is 9.70. The lowest BCUT2D eigenvalue weighted by Crippen LogP contribution is -2.22. The second kappa shape index (κ2) is 11.9. The predicted molar refractivity (Wildman–Crippen MR) is 97.2 cm³/mol. The Morgan fingerprint density at radius 2 is 1.50 bits per heavy atom. The molecule has 1 heteroatoms. The average molecular weight is 307 g/mol. The van der Waals surface area contributed by atoms with Crippen LogP contribution in [0.4, 0.5) is 0 Å². The van der Waals surface area contributed by atoms with Crippen molar-refractivity contribution in [2.24, 2.45) is 5.41 Å². The molecular weight excluding hydrogens is 268 g/mol. The van der Waals surface area contributed by atoms with Crippen LogP contribution in [-0.2, 0) is 4.79 Å². The van der Waals surface area contributed by atoms with Gasteiger partial charge in [0, 0.05) is 6.42 Å². The minimum atomic E-state index is 0.351. The van der Waals surface area contributed by atoms with Gasteiger partial charge in [-0.25, -0.2) is 0 Å². The van der Waals surface area contributed by atoms with E-state index in [0.717, 1.165) is 12.8 Å². The van der Waals surface area contributed by atoms with Gasteiger partial charge in [-0.2, -0.15) is 0 Å². The second-order valence-electron chi connectivity index (χ2n) is 7.34. The molecule has 0 bridgehead atoms. The van der Waals surface area contributed by atoms with Crippen molar-refractivity contribution in [1.29, 1.82) is 0 Å². The zero-order valence-electron chi connectivity index (χ0n) is 15.2. The van der Waals surface area contributed by atoms with Crippen LogP contribution in [0.5, 0.6) is 0 Å². The standard InChI is InChI=1S/C21H38O/c1-3-5-7-8-11-16-21(17-12-9-13-18-21)19-15-20(22)14-10-6-4-2/h15,19H,3-14,16-18H2,1-2H3/b19-15+. The first-order chi connectivity index (χ1) is 10.7. The maximum atomic E-state index is 12.0. The minimum absolute atomic E-state index is 0.351. The van der Waals surface area contributed by atoms with Gasteiger partial charge in [-0.15, -0.1) is 0 Å². The molecule has 0 heterocycles. The maximum absolute atomic E-state index is 12.0. The highest BCUT2D eigenvalue weighted by Crippen LogP contribution is 2.42. The molecule has 0 unspecified atom stereocenters. The van der Waals surface area contributed by atoms with E-state index in [2.05, 4.69) is 19.9 Å². The van der Waals surface area contributed by atoms with E-state index < -0.39 is 0 Å². The third kappa shape index (κ3) is 8.15. The Balaban J connectivity index is 2.42. The summed E-state index contributed by atoms with van der Waals surface area (Å²) in [6, 6.07) is 0. The summed E-state index contributed by atoms with van der Waals surface area (Å²) in [5, 5.41) is 0. The van der Waals surface area contributed by atoms with Gasteiger partial charge < -0.3 is 0 Å². The van der Waals surface area contributed by atoms with E-state index in [4.69, 9.17) is 0 Å². The maximum Gasteiger partial charge on any atom is 0.155 e. The molecule has 0 spiro atoms. The normalized spacial score (nSPS) is 17.9. The smallest absolute Gasteiger partial charge is 0.155 e. The summed E-state index contributed by atoms with van der Waals surface area (Å²) >= 11 is 0. The number of hydrogen-bond acceptors (Lipinski definition) is 1. The molecule has 0 saturated heterocycles. The van der Waals surface area contributed by atoms with E-state index in [1.165, 1.54) is 83.5 Å². The topological polar surface area (TPSA) is 17.1 Å². The summed E-state index contributed by atoms with van der Waals surface area (Å²) < 4.78 is 0. The van der Waals surface area contributed by atoms with Crippen molar-refractivity contribution in [2.45, 2.75) is 110 Å². The van der Waals surface area contributed by atoms with Gasteiger partial charge in [-0.1, -0.05) is 84.1 Å². The van der Waals surface area contributed by atoms with E-state index in [1.54, 1.807) is 0 Å². The van der Waals surface area contributed by atoms with Crippen LogP contribution >= 0.6 is 0 Å². The van der Waals surface area contributed by atoms with Crippen molar-refractivity contribution >= 4 is 5.78 Å². The predicted octanol–water partition coefficient (Wildman–Crippen LogP) is 7.00. The van der Waals surface area contributed by atoms with Crippen LogP contribution in [0.25, 0.3) is 0 Å². The first-order valence-electron chi connectivity index (χ1n) is 9.94. The van der Waals surface area contributed by atoms with Gasteiger partial charge in [-0.05, 0) is 37.2 Å². The van der Waals surface area contributed by atoms with Gasteiger partial charge in [0.1, 0.15) is 0 Å². The molecule has 0 aromatic carbocycles. The highest BCUT2D eigenvalue weighted by molar-refractivity contribution is 5.89. The highest BCUT2D eigenvalue weighted by atomic mass is 16.1. The number of rotatable bonds is 12. The fourth-order valence-electron chi connectivity index (χ4n) is 3.74. The van der Waals surface area contributed by atoms with Gasteiger partial charge >= 0.3 is 0 Å². The monoisotopic (exact) mass is 306 g/mol. The molecule has 1 rings (SSSR count). The molecule has 0 N–H and O–H groups in total. The molecule has 0 atom stereocenters. The number of carbonyl (C=O) groups is 1. The third-order valence-electron chi connectivity index (χ3n) is 5.28. The van der Waals surface area contributed by atoms with Gasteiger partial charge in [0.15, 0.2) is 5.78 Å². The first kappa shape index (κ1) is 19.5. The number of carbonyl (C=O) groups excluding carboxylic acids is 1. The lowest BCUT2D eigenvalue weighted by molar-refractivity contribution is -0.114. The molecule has 0 aromatic rings. The van der Waals surface area contributed by atoms with Crippen molar-refractivity contribution in [2.75, 3.05) is 0 Å². The Bertz CT molecular complexity index is 310. The minimum Gasteiger partial charge on any atom is -0.295 e. The first-order valence-corrected chi connectivity index (χ1v) is 9.94. The molecule has 0 aliphatic heterocycles.